The van der Waals surface area contributed by atoms with Crippen LogP contribution in [0.25, 0.3) is 10.9 Å². The minimum Gasteiger partial charge on any atom is -0.303 e. The number of anilines is 1. The number of benzene rings is 1. The van der Waals surface area contributed by atoms with E-state index >= 15 is 0 Å². The Morgan fingerprint density at radius 3 is 2.71 bits per heavy atom. The molecule has 4 heteroatoms. The number of nitrogens with one attached hydrogen (secondary N) is 1. The van der Waals surface area contributed by atoms with Gasteiger partial charge in [0, 0.05) is 19.5 Å². The summed E-state index contributed by atoms with van der Waals surface area (Å²) < 4.78 is 0. The summed E-state index contributed by atoms with van der Waals surface area (Å²) in [5.41, 5.74) is 4.08. The highest BCUT2D eigenvalue weighted by Crippen LogP contribution is 2.17. The maximum atomic E-state index is 4.18. The van der Waals surface area contributed by atoms with E-state index < -0.39 is 0 Å². The van der Waals surface area contributed by atoms with Gasteiger partial charge in [-0.25, -0.2) is 15.0 Å². The van der Waals surface area contributed by atoms with E-state index in [1.165, 1.54) is 0 Å². The maximum absolute atomic E-state index is 4.18. The van der Waals surface area contributed by atoms with Crippen molar-refractivity contribution >= 4 is 16.7 Å². The number of rotatable bonds is 2. The molecule has 0 spiro atoms. The molecular weight excluding hydrogens is 176 g/mol. The number of nitrogens with zero attached hydrogens (tertiary/aromatic N) is 3. The second-order valence-corrected chi connectivity index (χ2v) is 3.25. The van der Waals surface area contributed by atoms with Crippen LogP contribution in [0.3, 0.4) is 0 Å². The van der Waals surface area contributed by atoms with Crippen LogP contribution >= 0.6 is 0 Å². The summed E-state index contributed by atoms with van der Waals surface area (Å²) in [6.07, 6.45) is 1.56. The molecule has 14 heavy (non-hydrogen) atoms. The van der Waals surface area contributed by atoms with Crippen molar-refractivity contribution in [2.24, 2.45) is 0 Å². The van der Waals surface area contributed by atoms with E-state index in [1.54, 1.807) is 6.33 Å². The number of para-hydroxylation sites is 1. The lowest BCUT2D eigenvalue weighted by atomic mass is 10.2. The highest BCUT2D eigenvalue weighted by atomic mass is 15.5. The average molecular weight is 188 g/mol. The van der Waals surface area contributed by atoms with Crippen molar-refractivity contribution < 1.29 is 0 Å². The van der Waals surface area contributed by atoms with Crippen LogP contribution in [0, 0.1) is 0 Å². The van der Waals surface area contributed by atoms with Gasteiger partial charge in [0.15, 0.2) is 5.82 Å². The predicted molar refractivity (Wildman–Crippen MR) is 56.8 cm³/mol. The van der Waals surface area contributed by atoms with Gasteiger partial charge in [-0.3, -0.25) is 0 Å². The van der Waals surface area contributed by atoms with E-state index in [0.717, 1.165) is 16.7 Å². The van der Waals surface area contributed by atoms with Crippen molar-refractivity contribution in [1.29, 1.82) is 0 Å². The summed E-state index contributed by atoms with van der Waals surface area (Å²) in [7, 11) is 3.85. The molecule has 72 valence electrons. The van der Waals surface area contributed by atoms with Gasteiger partial charge in [-0.1, -0.05) is 12.1 Å². The van der Waals surface area contributed by atoms with E-state index in [1.807, 2.05) is 43.4 Å². The Hall–Kier alpha value is -1.68. The summed E-state index contributed by atoms with van der Waals surface area (Å²) >= 11 is 0. The van der Waals surface area contributed by atoms with Crippen LogP contribution in [-0.4, -0.2) is 29.1 Å². The predicted octanol–water partition coefficient (Wildman–Crippen LogP) is 1.52. The first-order chi connectivity index (χ1) is 6.77. The van der Waals surface area contributed by atoms with Gasteiger partial charge >= 0.3 is 0 Å². The lowest BCUT2D eigenvalue weighted by molar-refractivity contribution is 0.493. The SMILES string of the molecule is CN(C)Nc1ncnc2ccccc12. The molecule has 0 unspecified atom stereocenters. The molecule has 0 fully saturated rings. The van der Waals surface area contributed by atoms with Gasteiger partial charge in [0.1, 0.15) is 6.33 Å². The van der Waals surface area contributed by atoms with Gasteiger partial charge in [-0.15, -0.1) is 0 Å². The van der Waals surface area contributed by atoms with Crippen LogP contribution in [0.4, 0.5) is 5.82 Å². The zero-order valence-corrected chi connectivity index (χ0v) is 8.23. The zero-order valence-electron chi connectivity index (χ0n) is 8.23. The molecule has 1 aromatic carbocycles. The van der Waals surface area contributed by atoms with E-state index in [9.17, 15) is 0 Å². The number of hydrogen-bond acceptors (Lipinski definition) is 4. The van der Waals surface area contributed by atoms with Crippen molar-refractivity contribution in [2.45, 2.75) is 0 Å². The van der Waals surface area contributed by atoms with Crippen molar-refractivity contribution in [3.63, 3.8) is 0 Å². The number of fused-ring (bicyclic) bond motifs is 1. The van der Waals surface area contributed by atoms with Gasteiger partial charge in [0.25, 0.3) is 0 Å². The molecule has 0 saturated carbocycles. The highest BCUT2D eigenvalue weighted by molar-refractivity contribution is 5.88. The molecule has 2 rings (SSSR count). The summed E-state index contributed by atoms with van der Waals surface area (Å²) in [6.45, 7) is 0. The number of hydrazine groups is 1. The van der Waals surface area contributed by atoms with Crippen molar-refractivity contribution in [2.75, 3.05) is 19.5 Å². The first-order valence-corrected chi connectivity index (χ1v) is 4.41. The van der Waals surface area contributed by atoms with E-state index in [-0.39, 0.29) is 0 Å². The molecule has 0 atom stereocenters. The standard InChI is InChI=1S/C10H12N4/c1-14(2)13-10-8-5-3-4-6-9(8)11-7-12-10/h3-7H,1-2H3,(H,11,12,13). The normalized spacial score (nSPS) is 10.8. The average Bonchev–Trinajstić information content (AvgIpc) is 2.18. The van der Waals surface area contributed by atoms with E-state index in [2.05, 4.69) is 15.4 Å². The van der Waals surface area contributed by atoms with E-state index in [0.29, 0.717) is 0 Å². The Kier molecular flexibility index (Phi) is 2.28. The van der Waals surface area contributed by atoms with Crippen LogP contribution in [0.15, 0.2) is 30.6 Å². The molecule has 0 radical (unpaired) electrons. The van der Waals surface area contributed by atoms with Crippen LogP contribution in [0.2, 0.25) is 0 Å². The fourth-order valence-electron chi connectivity index (χ4n) is 1.31. The Balaban J connectivity index is 2.53. The Labute approximate surface area is 82.6 Å². The summed E-state index contributed by atoms with van der Waals surface area (Å²) in [4.78, 5) is 8.36. The number of hydrogen-bond donors (Lipinski definition) is 1. The fraction of sp³-hybridized carbons (Fsp3) is 0.200. The molecule has 0 bridgehead atoms. The molecular formula is C10H12N4. The second kappa shape index (κ2) is 3.59. The topological polar surface area (TPSA) is 41.0 Å². The molecule has 0 aliphatic heterocycles. The Morgan fingerprint density at radius 2 is 1.93 bits per heavy atom. The quantitative estimate of drug-likeness (QED) is 0.725. The molecule has 0 aliphatic carbocycles. The molecule has 4 nitrogen and oxygen atoms in total. The van der Waals surface area contributed by atoms with Gasteiger partial charge in [0.05, 0.1) is 5.52 Å². The molecule has 1 heterocycles. The molecule has 1 N–H and O–H groups in total. The van der Waals surface area contributed by atoms with Gasteiger partial charge < -0.3 is 5.43 Å². The van der Waals surface area contributed by atoms with Crippen LogP contribution in [0.1, 0.15) is 0 Å². The van der Waals surface area contributed by atoms with Crippen LogP contribution in [0.5, 0.6) is 0 Å². The monoisotopic (exact) mass is 188 g/mol. The third-order valence-electron chi connectivity index (χ3n) is 1.87. The van der Waals surface area contributed by atoms with Crippen molar-refractivity contribution in [3.05, 3.63) is 30.6 Å². The van der Waals surface area contributed by atoms with Gasteiger partial charge in [-0.05, 0) is 12.1 Å². The molecule has 0 aliphatic rings. The summed E-state index contributed by atoms with van der Waals surface area (Å²) in [6, 6.07) is 7.92. The number of aromatic nitrogens is 2. The first kappa shape index (κ1) is 8.90. The van der Waals surface area contributed by atoms with Crippen LogP contribution < -0.4 is 5.43 Å². The molecule has 0 amide bonds. The fourth-order valence-corrected chi connectivity index (χ4v) is 1.31. The minimum absolute atomic E-state index is 0.834. The van der Waals surface area contributed by atoms with Gasteiger partial charge in [0.2, 0.25) is 0 Å². The van der Waals surface area contributed by atoms with E-state index in [4.69, 9.17) is 0 Å². The molecule has 1 aromatic heterocycles. The third-order valence-corrected chi connectivity index (χ3v) is 1.87. The largest absolute Gasteiger partial charge is 0.303 e. The maximum Gasteiger partial charge on any atom is 0.151 e. The van der Waals surface area contributed by atoms with Gasteiger partial charge in [-0.2, -0.15) is 0 Å². The molecule has 2 aromatic rings. The van der Waals surface area contributed by atoms with Crippen molar-refractivity contribution in [3.8, 4) is 0 Å². The summed E-state index contributed by atoms with van der Waals surface area (Å²) in [5, 5.41) is 2.89. The molecule has 0 saturated heterocycles. The lowest BCUT2D eigenvalue weighted by Crippen LogP contribution is -2.20. The zero-order chi connectivity index (χ0) is 9.97. The Morgan fingerprint density at radius 1 is 1.14 bits per heavy atom. The highest BCUT2D eigenvalue weighted by Gasteiger charge is 2.01. The second-order valence-electron chi connectivity index (χ2n) is 3.25. The third kappa shape index (κ3) is 1.65. The summed E-state index contributed by atoms with van der Waals surface area (Å²) in [5.74, 6) is 0.834. The first-order valence-electron chi connectivity index (χ1n) is 4.41. The smallest absolute Gasteiger partial charge is 0.151 e. The minimum atomic E-state index is 0.834. The Bertz CT molecular complexity index is 434. The lowest BCUT2D eigenvalue weighted by Gasteiger charge is -2.13. The van der Waals surface area contributed by atoms with Crippen molar-refractivity contribution in [1.82, 2.24) is 15.0 Å². The van der Waals surface area contributed by atoms with Crippen LogP contribution in [-0.2, 0) is 0 Å².